The number of halogens is 2. The lowest BCUT2D eigenvalue weighted by atomic mass is 10.1. The summed E-state index contributed by atoms with van der Waals surface area (Å²) in [6.07, 6.45) is 1.96. The van der Waals surface area contributed by atoms with Crippen LogP contribution in [0.3, 0.4) is 0 Å². The minimum atomic E-state index is -0.223. The van der Waals surface area contributed by atoms with Gasteiger partial charge in [-0.1, -0.05) is 24.3 Å². The van der Waals surface area contributed by atoms with Crippen LogP contribution in [-0.2, 0) is 13.0 Å². The number of methoxy groups -OCH3 is 1. The smallest absolute Gasteiger partial charge is 0.191 e. The summed E-state index contributed by atoms with van der Waals surface area (Å²) < 4.78 is 18.1. The molecule has 0 aliphatic carbocycles. The number of aryl methyl sites for hydroxylation is 1. The molecule has 0 unspecified atom stereocenters. The predicted octanol–water partition coefficient (Wildman–Crippen LogP) is 3.75. The van der Waals surface area contributed by atoms with E-state index in [1.54, 1.807) is 26.3 Å². The first-order valence-corrected chi connectivity index (χ1v) is 8.03. The maximum absolute atomic E-state index is 12.9. The Labute approximate surface area is 165 Å². The van der Waals surface area contributed by atoms with Crippen molar-refractivity contribution in [3.8, 4) is 5.75 Å². The van der Waals surface area contributed by atoms with Crippen LogP contribution in [0.15, 0.2) is 53.5 Å². The number of hydrogen-bond acceptors (Lipinski definition) is 2. The summed E-state index contributed by atoms with van der Waals surface area (Å²) in [5.41, 5.74) is 2.26. The number of nitrogens with zero attached hydrogens (tertiary/aromatic N) is 1. The van der Waals surface area contributed by atoms with Gasteiger partial charge in [0, 0.05) is 20.1 Å². The van der Waals surface area contributed by atoms with Gasteiger partial charge >= 0.3 is 0 Å². The second-order valence-corrected chi connectivity index (χ2v) is 5.43. The van der Waals surface area contributed by atoms with E-state index < -0.39 is 0 Å². The van der Waals surface area contributed by atoms with E-state index in [2.05, 4.69) is 27.8 Å². The molecule has 2 N–H and O–H groups in total. The molecular formula is C19H25FIN3O. The van der Waals surface area contributed by atoms with Gasteiger partial charge in [0.25, 0.3) is 0 Å². The van der Waals surface area contributed by atoms with E-state index in [-0.39, 0.29) is 29.8 Å². The minimum Gasteiger partial charge on any atom is -0.497 e. The summed E-state index contributed by atoms with van der Waals surface area (Å²) >= 11 is 0. The zero-order chi connectivity index (χ0) is 17.2. The van der Waals surface area contributed by atoms with Crippen LogP contribution in [0.25, 0.3) is 0 Å². The fourth-order valence-corrected chi connectivity index (χ4v) is 2.34. The molecule has 25 heavy (non-hydrogen) atoms. The Kier molecular flexibility index (Phi) is 9.91. The van der Waals surface area contributed by atoms with Crippen LogP contribution in [0.1, 0.15) is 17.5 Å². The molecule has 0 fully saturated rings. The summed E-state index contributed by atoms with van der Waals surface area (Å²) in [5.74, 6) is 1.40. The normalized spacial score (nSPS) is 10.8. The van der Waals surface area contributed by atoms with E-state index in [1.807, 2.05) is 12.1 Å². The molecule has 2 rings (SSSR count). The van der Waals surface area contributed by atoms with Crippen LogP contribution in [0.2, 0.25) is 0 Å². The van der Waals surface area contributed by atoms with Crippen molar-refractivity contribution in [1.82, 2.24) is 10.6 Å². The topological polar surface area (TPSA) is 45.7 Å². The van der Waals surface area contributed by atoms with E-state index in [9.17, 15) is 4.39 Å². The van der Waals surface area contributed by atoms with Crippen molar-refractivity contribution in [3.05, 3.63) is 65.5 Å². The van der Waals surface area contributed by atoms with Gasteiger partial charge in [-0.25, -0.2) is 4.39 Å². The molecule has 0 saturated carbocycles. The van der Waals surface area contributed by atoms with Crippen LogP contribution in [0.5, 0.6) is 5.75 Å². The summed E-state index contributed by atoms with van der Waals surface area (Å²) in [5, 5.41) is 6.50. The third-order valence-electron chi connectivity index (χ3n) is 3.67. The van der Waals surface area contributed by atoms with Crippen molar-refractivity contribution in [2.75, 3.05) is 20.7 Å². The zero-order valence-electron chi connectivity index (χ0n) is 14.6. The van der Waals surface area contributed by atoms with Gasteiger partial charge in [-0.05, 0) is 48.2 Å². The fraction of sp³-hybridized carbons (Fsp3) is 0.316. The van der Waals surface area contributed by atoms with Crippen LogP contribution in [0.4, 0.5) is 4.39 Å². The molecule has 0 heterocycles. The molecular weight excluding hydrogens is 432 g/mol. The highest BCUT2D eigenvalue weighted by Crippen LogP contribution is 2.13. The maximum Gasteiger partial charge on any atom is 0.191 e. The Bertz CT molecular complexity index is 662. The average Bonchev–Trinajstić information content (AvgIpc) is 2.62. The Hall–Kier alpha value is -1.83. The van der Waals surface area contributed by atoms with Gasteiger partial charge in [-0.2, -0.15) is 0 Å². The standard InChI is InChI=1S/C19H24FN3O.HI/c1-21-19(23-14-16-8-10-17(20)11-9-16)22-12-4-6-15-5-3-7-18(13-15)24-2;/h3,5,7-11,13H,4,6,12,14H2,1-2H3,(H2,21,22,23);1H. The van der Waals surface area contributed by atoms with Gasteiger partial charge in [0.05, 0.1) is 7.11 Å². The number of aliphatic imine (C=N–C) groups is 1. The van der Waals surface area contributed by atoms with Gasteiger partial charge in [0.2, 0.25) is 0 Å². The molecule has 0 aliphatic rings. The largest absolute Gasteiger partial charge is 0.497 e. The monoisotopic (exact) mass is 457 g/mol. The Morgan fingerprint density at radius 1 is 1.08 bits per heavy atom. The Morgan fingerprint density at radius 2 is 1.84 bits per heavy atom. The molecule has 4 nitrogen and oxygen atoms in total. The molecule has 0 radical (unpaired) electrons. The maximum atomic E-state index is 12.9. The summed E-state index contributed by atoms with van der Waals surface area (Å²) in [4.78, 5) is 4.19. The number of hydrogen-bond donors (Lipinski definition) is 2. The van der Waals surface area contributed by atoms with E-state index in [0.717, 1.165) is 36.7 Å². The lowest BCUT2D eigenvalue weighted by Crippen LogP contribution is -2.37. The van der Waals surface area contributed by atoms with E-state index in [4.69, 9.17) is 4.74 Å². The summed E-state index contributed by atoms with van der Waals surface area (Å²) in [6.45, 7) is 1.43. The third kappa shape index (κ3) is 7.72. The van der Waals surface area contributed by atoms with Crippen molar-refractivity contribution in [3.63, 3.8) is 0 Å². The number of nitrogens with one attached hydrogen (secondary N) is 2. The lowest BCUT2D eigenvalue weighted by molar-refractivity contribution is 0.414. The Morgan fingerprint density at radius 3 is 2.52 bits per heavy atom. The fourth-order valence-electron chi connectivity index (χ4n) is 2.34. The van der Waals surface area contributed by atoms with Crippen molar-refractivity contribution in [2.24, 2.45) is 4.99 Å². The first kappa shape index (κ1) is 21.2. The lowest BCUT2D eigenvalue weighted by Gasteiger charge is -2.12. The van der Waals surface area contributed by atoms with Crippen molar-refractivity contribution in [2.45, 2.75) is 19.4 Å². The molecule has 0 spiro atoms. The molecule has 0 bridgehead atoms. The molecule has 2 aromatic rings. The van der Waals surface area contributed by atoms with Crippen LogP contribution >= 0.6 is 24.0 Å². The third-order valence-corrected chi connectivity index (χ3v) is 3.67. The first-order valence-electron chi connectivity index (χ1n) is 8.03. The molecule has 2 aromatic carbocycles. The molecule has 0 saturated heterocycles. The van der Waals surface area contributed by atoms with Crippen LogP contribution in [0, 0.1) is 5.82 Å². The quantitative estimate of drug-likeness (QED) is 0.288. The van der Waals surface area contributed by atoms with Gasteiger partial charge < -0.3 is 15.4 Å². The SMILES string of the molecule is CN=C(NCCCc1cccc(OC)c1)NCc1ccc(F)cc1.I. The highest BCUT2D eigenvalue weighted by Gasteiger charge is 2.00. The zero-order valence-corrected chi connectivity index (χ0v) is 16.9. The second kappa shape index (κ2) is 11.7. The average molecular weight is 457 g/mol. The van der Waals surface area contributed by atoms with Gasteiger partial charge in [0.15, 0.2) is 5.96 Å². The van der Waals surface area contributed by atoms with Gasteiger partial charge in [-0.15, -0.1) is 24.0 Å². The highest BCUT2D eigenvalue weighted by atomic mass is 127. The number of benzene rings is 2. The number of rotatable bonds is 7. The summed E-state index contributed by atoms with van der Waals surface area (Å²) in [6, 6.07) is 14.6. The molecule has 0 amide bonds. The number of guanidine groups is 1. The molecule has 0 aromatic heterocycles. The van der Waals surface area contributed by atoms with Gasteiger partial charge in [-0.3, -0.25) is 4.99 Å². The Balaban J connectivity index is 0.00000312. The van der Waals surface area contributed by atoms with E-state index >= 15 is 0 Å². The van der Waals surface area contributed by atoms with E-state index in [0.29, 0.717) is 6.54 Å². The molecule has 0 atom stereocenters. The summed E-state index contributed by atoms with van der Waals surface area (Å²) in [7, 11) is 3.42. The number of ether oxygens (including phenoxy) is 1. The predicted molar refractivity (Wildman–Crippen MR) is 111 cm³/mol. The molecule has 6 heteroatoms. The highest BCUT2D eigenvalue weighted by molar-refractivity contribution is 14.0. The molecule has 136 valence electrons. The minimum absolute atomic E-state index is 0. The van der Waals surface area contributed by atoms with Crippen molar-refractivity contribution >= 4 is 29.9 Å². The van der Waals surface area contributed by atoms with Crippen molar-refractivity contribution < 1.29 is 9.13 Å². The van der Waals surface area contributed by atoms with Crippen molar-refractivity contribution in [1.29, 1.82) is 0 Å². The second-order valence-electron chi connectivity index (χ2n) is 5.43. The van der Waals surface area contributed by atoms with Crippen LogP contribution < -0.4 is 15.4 Å². The van der Waals surface area contributed by atoms with E-state index in [1.165, 1.54) is 17.7 Å². The van der Waals surface area contributed by atoms with Gasteiger partial charge in [0.1, 0.15) is 11.6 Å². The first-order chi connectivity index (χ1) is 11.7. The van der Waals surface area contributed by atoms with Crippen LogP contribution in [-0.4, -0.2) is 26.7 Å². The molecule has 0 aliphatic heterocycles.